The van der Waals surface area contributed by atoms with Crippen molar-refractivity contribution in [3.8, 4) is 11.3 Å². The van der Waals surface area contributed by atoms with Gasteiger partial charge in [-0.3, -0.25) is 4.90 Å². The highest BCUT2D eigenvalue weighted by Crippen LogP contribution is 2.21. The molecule has 0 atom stereocenters. The quantitative estimate of drug-likeness (QED) is 0.692. The first-order valence-electron chi connectivity index (χ1n) is 7.40. The molecule has 0 saturated carbocycles. The number of halogens is 2. The summed E-state index contributed by atoms with van der Waals surface area (Å²) in [5.74, 6) is 0.750. The summed E-state index contributed by atoms with van der Waals surface area (Å²) in [4.78, 5) is 2.34. The fourth-order valence-corrected chi connectivity index (χ4v) is 2.59. The Morgan fingerprint density at radius 1 is 1.17 bits per heavy atom. The first-order valence-corrected chi connectivity index (χ1v) is 8.20. The first kappa shape index (κ1) is 18.4. The van der Waals surface area contributed by atoms with Crippen molar-refractivity contribution in [2.24, 2.45) is 0 Å². The van der Waals surface area contributed by atoms with E-state index in [0.29, 0.717) is 13.2 Å². The van der Waals surface area contributed by atoms with E-state index in [9.17, 15) is 0 Å². The molecule has 1 aliphatic rings. The molecule has 7 heteroatoms. The van der Waals surface area contributed by atoms with Crippen molar-refractivity contribution in [3.63, 3.8) is 0 Å². The molecule has 0 unspecified atom stereocenters. The maximum Gasteiger partial charge on any atom is 0.163 e. The molecule has 1 fully saturated rings. The maximum absolute atomic E-state index is 5.67. The molecule has 3 rings (SSSR count). The molecule has 126 valence electrons. The summed E-state index contributed by atoms with van der Waals surface area (Å²) in [6.45, 7) is 5.68. The van der Waals surface area contributed by atoms with Crippen LogP contribution < -0.4 is 0 Å². The lowest BCUT2D eigenvalue weighted by Gasteiger charge is -2.26. The van der Waals surface area contributed by atoms with Crippen LogP contribution in [0.4, 0.5) is 0 Å². The molecule has 2 heterocycles. The summed E-state index contributed by atoms with van der Waals surface area (Å²) in [6, 6.07) is 9.92. The molecule has 1 saturated heterocycles. The van der Waals surface area contributed by atoms with E-state index < -0.39 is 0 Å². The zero-order chi connectivity index (χ0) is 15.2. The van der Waals surface area contributed by atoms with Crippen LogP contribution in [0.15, 0.2) is 39.3 Å². The molecule has 1 aliphatic heterocycles. The Morgan fingerprint density at radius 2 is 1.91 bits per heavy atom. The van der Waals surface area contributed by atoms with E-state index in [2.05, 4.69) is 26.0 Å². The summed E-state index contributed by atoms with van der Waals surface area (Å²) in [6.07, 6.45) is 0. The van der Waals surface area contributed by atoms with Crippen LogP contribution in [-0.4, -0.2) is 49.5 Å². The van der Waals surface area contributed by atoms with E-state index in [0.717, 1.165) is 54.3 Å². The van der Waals surface area contributed by atoms with Gasteiger partial charge in [-0.25, -0.2) is 0 Å². The number of aromatic nitrogens is 1. The first-order chi connectivity index (χ1) is 10.8. The second-order valence-electron chi connectivity index (χ2n) is 5.19. The molecule has 0 amide bonds. The van der Waals surface area contributed by atoms with Crippen LogP contribution in [0.5, 0.6) is 0 Å². The van der Waals surface area contributed by atoms with E-state index >= 15 is 0 Å². The van der Waals surface area contributed by atoms with Gasteiger partial charge in [-0.2, -0.15) is 0 Å². The summed E-state index contributed by atoms with van der Waals surface area (Å²) in [7, 11) is 0. The van der Waals surface area contributed by atoms with Gasteiger partial charge in [0.15, 0.2) is 5.76 Å². The van der Waals surface area contributed by atoms with Crippen LogP contribution in [-0.2, 0) is 16.1 Å². The van der Waals surface area contributed by atoms with Crippen molar-refractivity contribution < 1.29 is 14.0 Å². The second kappa shape index (κ2) is 9.39. The van der Waals surface area contributed by atoms with Gasteiger partial charge in [0.2, 0.25) is 0 Å². The minimum absolute atomic E-state index is 0. The summed E-state index contributed by atoms with van der Waals surface area (Å²) >= 11 is 3.42. The largest absolute Gasteiger partial charge is 0.379 e. The molecule has 0 aliphatic carbocycles. The van der Waals surface area contributed by atoms with Crippen LogP contribution >= 0.6 is 28.3 Å². The van der Waals surface area contributed by atoms with E-state index in [1.54, 1.807) is 0 Å². The average molecular weight is 404 g/mol. The monoisotopic (exact) mass is 402 g/mol. The van der Waals surface area contributed by atoms with Crippen LogP contribution in [0.3, 0.4) is 0 Å². The third-order valence-corrected chi connectivity index (χ3v) is 4.13. The summed E-state index contributed by atoms with van der Waals surface area (Å²) in [5.41, 5.74) is 1.87. The standard InChI is InChI=1S/C16H19BrN2O3.ClH/c17-14-3-1-13(2-4-14)16-11-15(22-18-16)12-21-10-7-19-5-8-20-9-6-19;/h1-4,11H,5-10,12H2;1H. The van der Waals surface area contributed by atoms with E-state index in [-0.39, 0.29) is 12.4 Å². The smallest absolute Gasteiger partial charge is 0.163 e. The van der Waals surface area contributed by atoms with Gasteiger partial charge in [0.1, 0.15) is 12.3 Å². The number of benzene rings is 1. The molecular weight excluding hydrogens is 384 g/mol. The Bertz CT molecular complexity index is 585. The highest BCUT2D eigenvalue weighted by atomic mass is 79.9. The molecule has 2 aromatic rings. The lowest BCUT2D eigenvalue weighted by atomic mass is 10.1. The number of nitrogens with zero attached hydrogens (tertiary/aromatic N) is 2. The molecule has 1 aromatic carbocycles. The minimum Gasteiger partial charge on any atom is -0.379 e. The van der Waals surface area contributed by atoms with Gasteiger partial charge in [-0.15, -0.1) is 12.4 Å². The SMILES string of the molecule is Brc1ccc(-c2cc(COCCN3CCOCC3)on2)cc1.Cl. The Morgan fingerprint density at radius 3 is 2.65 bits per heavy atom. The molecule has 0 N–H and O–H groups in total. The van der Waals surface area contributed by atoms with Gasteiger partial charge < -0.3 is 14.0 Å². The number of rotatable bonds is 6. The van der Waals surface area contributed by atoms with Gasteiger partial charge in [-0.05, 0) is 12.1 Å². The number of hydrogen-bond donors (Lipinski definition) is 0. The van der Waals surface area contributed by atoms with E-state index in [1.165, 1.54) is 0 Å². The average Bonchev–Trinajstić information content (AvgIpc) is 3.02. The fourth-order valence-electron chi connectivity index (χ4n) is 2.33. The van der Waals surface area contributed by atoms with Gasteiger partial charge in [0.25, 0.3) is 0 Å². The van der Waals surface area contributed by atoms with Crippen LogP contribution in [0.1, 0.15) is 5.76 Å². The van der Waals surface area contributed by atoms with Gasteiger partial charge in [0, 0.05) is 35.7 Å². The lowest BCUT2D eigenvalue weighted by Crippen LogP contribution is -2.38. The van der Waals surface area contributed by atoms with Crippen molar-refractivity contribution >= 4 is 28.3 Å². The topological polar surface area (TPSA) is 47.7 Å². The maximum atomic E-state index is 5.67. The number of ether oxygens (including phenoxy) is 2. The van der Waals surface area contributed by atoms with Crippen molar-refractivity contribution in [3.05, 3.63) is 40.6 Å². The zero-order valence-electron chi connectivity index (χ0n) is 12.7. The lowest BCUT2D eigenvalue weighted by molar-refractivity contribution is 0.0155. The van der Waals surface area contributed by atoms with E-state index in [1.807, 2.05) is 30.3 Å². The third-order valence-electron chi connectivity index (χ3n) is 3.60. The molecule has 0 spiro atoms. The predicted octanol–water partition coefficient (Wildman–Crippen LogP) is 3.37. The van der Waals surface area contributed by atoms with Crippen molar-refractivity contribution in [2.45, 2.75) is 6.61 Å². The highest BCUT2D eigenvalue weighted by molar-refractivity contribution is 9.10. The van der Waals surface area contributed by atoms with Gasteiger partial charge in [-0.1, -0.05) is 33.2 Å². The predicted molar refractivity (Wildman–Crippen MR) is 93.8 cm³/mol. The van der Waals surface area contributed by atoms with Crippen LogP contribution in [0.2, 0.25) is 0 Å². The van der Waals surface area contributed by atoms with Crippen LogP contribution in [0, 0.1) is 0 Å². The molecule has 1 aromatic heterocycles. The Hall–Kier alpha value is -0.920. The molecule has 0 radical (unpaired) electrons. The Kier molecular flexibility index (Phi) is 7.52. The molecule has 23 heavy (non-hydrogen) atoms. The summed E-state index contributed by atoms with van der Waals surface area (Å²) < 4.78 is 17.4. The molecular formula is C16H20BrClN2O3. The van der Waals surface area contributed by atoms with Crippen LogP contribution in [0.25, 0.3) is 11.3 Å². The second-order valence-corrected chi connectivity index (χ2v) is 6.11. The highest BCUT2D eigenvalue weighted by Gasteiger charge is 2.10. The van der Waals surface area contributed by atoms with Crippen molar-refractivity contribution in [1.29, 1.82) is 0 Å². The molecule has 0 bridgehead atoms. The van der Waals surface area contributed by atoms with Gasteiger partial charge >= 0.3 is 0 Å². The third kappa shape index (κ3) is 5.58. The zero-order valence-corrected chi connectivity index (χ0v) is 15.1. The fraction of sp³-hybridized carbons (Fsp3) is 0.438. The normalized spacial score (nSPS) is 15.3. The number of morpholine rings is 1. The van der Waals surface area contributed by atoms with Crippen molar-refractivity contribution in [1.82, 2.24) is 10.1 Å². The minimum atomic E-state index is 0. The Balaban J connectivity index is 0.00000192. The van der Waals surface area contributed by atoms with Gasteiger partial charge in [0.05, 0.1) is 19.8 Å². The number of hydrogen-bond acceptors (Lipinski definition) is 5. The molecule has 5 nitrogen and oxygen atoms in total. The van der Waals surface area contributed by atoms with Crippen molar-refractivity contribution in [2.75, 3.05) is 39.5 Å². The van der Waals surface area contributed by atoms with E-state index in [4.69, 9.17) is 14.0 Å². The Labute approximate surface area is 150 Å². The summed E-state index contributed by atoms with van der Waals surface area (Å²) in [5, 5.41) is 4.09.